The SMILES string of the molecule is Fc1ccc(CN2CCN3CCCC3C2C2CCCCC2)c(F)c1. The molecule has 2 nitrogen and oxygen atoms in total. The van der Waals surface area contributed by atoms with E-state index in [0.717, 1.165) is 25.1 Å². The maximum Gasteiger partial charge on any atom is 0.130 e. The summed E-state index contributed by atoms with van der Waals surface area (Å²) >= 11 is 0. The molecule has 24 heavy (non-hydrogen) atoms. The van der Waals surface area contributed by atoms with Crippen LogP contribution in [0.4, 0.5) is 8.78 Å². The third-order valence-electron chi connectivity index (χ3n) is 6.43. The molecule has 0 N–H and O–H groups in total. The molecule has 0 bridgehead atoms. The molecule has 1 aliphatic carbocycles. The standard InChI is InChI=1S/C20H28F2N2/c21-17-9-8-16(18(22)13-17)14-24-12-11-23-10-4-7-19(23)20(24)15-5-2-1-3-6-15/h8-9,13,15,19-20H,1-7,10-12,14H2. The summed E-state index contributed by atoms with van der Waals surface area (Å²) in [6, 6.07) is 5.23. The van der Waals surface area contributed by atoms with Crippen molar-refractivity contribution < 1.29 is 8.78 Å². The van der Waals surface area contributed by atoms with Crippen LogP contribution < -0.4 is 0 Å². The molecule has 0 spiro atoms. The van der Waals surface area contributed by atoms with Gasteiger partial charge in [0, 0.05) is 43.3 Å². The van der Waals surface area contributed by atoms with Crippen LogP contribution in [0.5, 0.6) is 0 Å². The van der Waals surface area contributed by atoms with E-state index in [9.17, 15) is 8.78 Å². The van der Waals surface area contributed by atoms with Crippen LogP contribution in [0.3, 0.4) is 0 Å². The summed E-state index contributed by atoms with van der Waals surface area (Å²) < 4.78 is 27.4. The van der Waals surface area contributed by atoms with Gasteiger partial charge in [0.2, 0.25) is 0 Å². The summed E-state index contributed by atoms with van der Waals surface area (Å²) in [5.41, 5.74) is 0.642. The summed E-state index contributed by atoms with van der Waals surface area (Å²) in [6.45, 7) is 3.95. The Labute approximate surface area is 143 Å². The van der Waals surface area contributed by atoms with Gasteiger partial charge in [-0.15, -0.1) is 0 Å². The highest BCUT2D eigenvalue weighted by Gasteiger charge is 2.43. The maximum atomic E-state index is 14.2. The second-order valence-corrected chi connectivity index (χ2v) is 7.84. The quantitative estimate of drug-likeness (QED) is 0.818. The van der Waals surface area contributed by atoms with E-state index in [0.29, 0.717) is 24.2 Å². The Morgan fingerprint density at radius 3 is 2.54 bits per heavy atom. The zero-order valence-electron chi connectivity index (χ0n) is 14.4. The lowest BCUT2D eigenvalue weighted by molar-refractivity contribution is -0.00432. The zero-order valence-corrected chi connectivity index (χ0v) is 14.4. The summed E-state index contributed by atoms with van der Waals surface area (Å²) in [5, 5.41) is 0. The monoisotopic (exact) mass is 334 g/mol. The normalized spacial score (nSPS) is 29.8. The Morgan fingerprint density at radius 1 is 0.917 bits per heavy atom. The van der Waals surface area contributed by atoms with Gasteiger partial charge in [-0.25, -0.2) is 8.78 Å². The lowest BCUT2D eigenvalue weighted by Crippen LogP contribution is -2.59. The van der Waals surface area contributed by atoms with Crippen molar-refractivity contribution in [2.75, 3.05) is 19.6 Å². The van der Waals surface area contributed by atoms with E-state index < -0.39 is 11.6 Å². The third kappa shape index (κ3) is 3.23. The minimum absolute atomic E-state index is 0.397. The van der Waals surface area contributed by atoms with Crippen molar-refractivity contribution >= 4 is 0 Å². The minimum atomic E-state index is -0.485. The first-order chi connectivity index (χ1) is 11.7. The molecule has 3 fully saturated rings. The van der Waals surface area contributed by atoms with Crippen LogP contribution in [0.2, 0.25) is 0 Å². The highest BCUT2D eigenvalue weighted by atomic mass is 19.1. The predicted octanol–water partition coefficient (Wildman–Crippen LogP) is 4.19. The fourth-order valence-corrected chi connectivity index (χ4v) is 5.31. The summed E-state index contributed by atoms with van der Waals surface area (Å²) in [7, 11) is 0. The molecule has 1 saturated carbocycles. The lowest BCUT2D eigenvalue weighted by Gasteiger charge is -2.49. The molecule has 4 rings (SSSR count). The summed E-state index contributed by atoms with van der Waals surface area (Å²) in [5.74, 6) is -0.139. The van der Waals surface area contributed by atoms with Gasteiger partial charge in [0.25, 0.3) is 0 Å². The number of rotatable bonds is 3. The largest absolute Gasteiger partial charge is 0.298 e. The lowest BCUT2D eigenvalue weighted by atomic mass is 9.78. The fraction of sp³-hybridized carbons (Fsp3) is 0.700. The molecule has 2 unspecified atom stereocenters. The molecule has 132 valence electrons. The van der Waals surface area contributed by atoms with Crippen LogP contribution in [0.25, 0.3) is 0 Å². The molecular formula is C20H28F2N2. The number of benzene rings is 1. The van der Waals surface area contributed by atoms with Crippen LogP contribution in [0, 0.1) is 17.6 Å². The number of fused-ring (bicyclic) bond motifs is 1. The Morgan fingerprint density at radius 2 is 1.75 bits per heavy atom. The number of nitrogens with zero attached hydrogens (tertiary/aromatic N) is 2. The number of piperazine rings is 1. The highest BCUT2D eigenvalue weighted by molar-refractivity contribution is 5.19. The molecular weight excluding hydrogens is 306 g/mol. The fourth-order valence-electron chi connectivity index (χ4n) is 5.31. The van der Waals surface area contributed by atoms with E-state index in [4.69, 9.17) is 0 Å². The first-order valence-electron chi connectivity index (χ1n) is 9.64. The highest BCUT2D eigenvalue weighted by Crippen LogP contribution is 2.38. The molecule has 2 heterocycles. The van der Waals surface area contributed by atoms with Gasteiger partial charge in [-0.2, -0.15) is 0 Å². The Kier molecular flexibility index (Phi) is 4.86. The van der Waals surface area contributed by atoms with Crippen LogP contribution in [0.1, 0.15) is 50.5 Å². The van der Waals surface area contributed by atoms with Gasteiger partial charge < -0.3 is 0 Å². The van der Waals surface area contributed by atoms with E-state index in [1.54, 1.807) is 6.07 Å². The molecule has 2 atom stereocenters. The molecule has 1 aromatic rings. The van der Waals surface area contributed by atoms with Crippen molar-refractivity contribution in [3.63, 3.8) is 0 Å². The van der Waals surface area contributed by atoms with Gasteiger partial charge >= 0.3 is 0 Å². The van der Waals surface area contributed by atoms with Crippen molar-refractivity contribution in [2.45, 2.75) is 63.6 Å². The Balaban J connectivity index is 1.56. The van der Waals surface area contributed by atoms with E-state index in [2.05, 4.69) is 9.80 Å². The molecule has 0 aromatic heterocycles. The van der Waals surface area contributed by atoms with Crippen molar-refractivity contribution in [3.8, 4) is 0 Å². The van der Waals surface area contributed by atoms with Crippen molar-refractivity contribution in [2.24, 2.45) is 5.92 Å². The van der Waals surface area contributed by atoms with Crippen LogP contribution >= 0.6 is 0 Å². The first kappa shape index (κ1) is 16.5. The average molecular weight is 334 g/mol. The Bertz CT molecular complexity index is 571. The molecule has 0 radical (unpaired) electrons. The van der Waals surface area contributed by atoms with Gasteiger partial charge in [-0.3, -0.25) is 9.80 Å². The minimum Gasteiger partial charge on any atom is -0.298 e. The third-order valence-corrected chi connectivity index (χ3v) is 6.43. The average Bonchev–Trinajstić information content (AvgIpc) is 3.06. The second kappa shape index (κ2) is 7.09. The van der Waals surface area contributed by atoms with Gasteiger partial charge in [-0.05, 0) is 44.2 Å². The number of hydrogen-bond donors (Lipinski definition) is 0. The summed E-state index contributed by atoms with van der Waals surface area (Å²) in [6.07, 6.45) is 9.26. The molecule has 1 aromatic carbocycles. The van der Waals surface area contributed by atoms with Crippen LogP contribution in [-0.2, 0) is 6.54 Å². The second-order valence-electron chi connectivity index (χ2n) is 7.84. The van der Waals surface area contributed by atoms with Crippen LogP contribution in [-0.4, -0.2) is 41.5 Å². The van der Waals surface area contributed by atoms with Crippen molar-refractivity contribution in [1.82, 2.24) is 9.80 Å². The predicted molar refractivity (Wildman–Crippen MR) is 91.7 cm³/mol. The van der Waals surface area contributed by atoms with Gasteiger partial charge in [0.15, 0.2) is 0 Å². The zero-order chi connectivity index (χ0) is 16.5. The maximum absolute atomic E-state index is 14.2. The van der Waals surface area contributed by atoms with Gasteiger partial charge in [-0.1, -0.05) is 25.3 Å². The molecule has 3 aliphatic rings. The van der Waals surface area contributed by atoms with E-state index >= 15 is 0 Å². The first-order valence-corrected chi connectivity index (χ1v) is 9.64. The Hall–Kier alpha value is -1.00. The number of hydrogen-bond acceptors (Lipinski definition) is 2. The van der Waals surface area contributed by atoms with Crippen molar-refractivity contribution in [1.29, 1.82) is 0 Å². The molecule has 0 amide bonds. The smallest absolute Gasteiger partial charge is 0.130 e. The van der Waals surface area contributed by atoms with E-state index in [1.807, 2.05) is 0 Å². The summed E-state index contributed by atoms with van der Waals surface area (Å²) in [4.78, 5) is 5.18. The van der Waals surface area contributed by atoms with Crippen LogP contribution in [0.15, 0.2) is 18.2 Å². The van der Waals surface area contributed by atoms with Crippen molar-refractivity contribution in [3.05, 3.63) is 35.4 Å². The number of halogens is 2. The van der Waals surface area contributed by atoms with Gasteiger partial charge in [0.1, 0.15) is 11.6 Å². The topological polar surface area (TPSA) is 6.48 Å². The van der Waals surface area contributed by atoms with E-state index in [1.165, 1.54) is 57.6 Å². The van der Waals surface area contributed by atoms with E-state index in [-0.39, 0.29) is 0 Å². The van der Waals surface area contributed by atoms with Gasteiger partial charge in [0.05, 0.1) is 0 Å². The molecule has 2 aliphatic heterocycles. The molecule has 2 saturated heterocycles. The molecule has 4 heteroatoms.